The number of carbonyl (C=O) groups is 1. The molecule has 1 aliphatic heterocycles. The van der Waals surface area contributed by atoms with E-state index < -0.39 is 0 Å². The Morgan fingerprint density at radius 3 is 2.72 bits per heavy atom. The van der Waals surface area contributed by atoms with Crippen LogP contribution in [-0.4, -0.2) is 50.3 Å². The predicted molar refractivity (Wildman–Crippen MR) is 111 cm³/mol. The molecule has 0 aliphatic carbocycles. The number of nitrogens with zero attached hydrogens (tertiary/aromatic N) is 1. The lowest BCUT2D eigenvalue weighted by Crippen LogP contribution is -2.37. The summed E-state index contributed by atoms with van der Waals surface area (Å²) in [6.07, 6.45) is 1.80. The zero-order chi connectivity index (χ0) is 20.6. The summed E-state index contributed by atoms with van der Waals surface area (Å²) in [5, 5.41) is 3.19. The van der Waals surface area contributed by atoms with Gasteiger partial charge in [-0.2, -0.15) is 0 Å². The van der Waals surface area contributed by atoms with Gasteiger partial charge in [0.1, 0.15) is 17.7 Å². The molecule has 7 heteroatoms. The van der Waals surface area contributed by atoms with Crippen molar-refractivity contribution in [1.29, 1.82) is 0 Å². The Balaban J connectivity index is 1.49. The fourth-order valence-corrected chi connectivity index (χ4v) is 3.59. The predicted octanol–water partition coefficient (Wildman–Crippen LogP) is 3.90. The van der Waals surface area contributed by atoms with Gasteiger partial charge >= 0.3 is 0 Å². The number of amides is 1. The molecular weight excluding hydrogens is 395 g/mol. The Bertz CT molecular complexity index is 825. The molecule has 1 heterocycles. The van der Waals surface area contributed by atoms with Gasteiger partial charge in [-0.1, -0.05) is 23.7 Å². The second kappa shape index (κ2) is 10.6. The first kappa shape index (κ1) is 21.6. The van der Waals surface area contributed by atoms with Gasteiger partial charge < -0.3 is 14.8 Å². The summed E-state index contributed by atoms with van der Waals surface area (Å²) in [6.45, 7) is 3.38. The largest absolute Gasteiger partial charge is 0.489 e. The number of hydrogen-bond donors (Lipinski definition) is 1. The van der Waals surface area contributed by atoms with Crippen LogP contribution in [0, 0.1) is 5.82 Å². The first-order valence-corrected chi connectivity index (χ1v) is 10.1. The number of likely N-dealkylation sites (tertiary alicyclic amines) is 1. The van der Waals surface area contributed by atoms with E-state index in [9.17, 15) is 9.18 Å². The van der Waals surface area contributed by atoms with Crippen LogP contribution < -0.4 is 10.1 Å². The Labute approximate surface area is 175 Å². The van der Waals surface area contributed by atoms with Crippen molar-refractivity contribution in [1.82, 2.24) is 10.2 Å². The third-order valence-corrected chi connectivity index (χ3v) is 5.20. The fraction of sp³-hybridized carbons (Fsp3) is 0.409. The van der Waals surface area contributed by atoms with Crippen molar-refractivity contribution < 1.29 is 18.7 Å². The van der Waals surface area contributed by atoms with Crippen molar-refractivity contribution in [2.45, 2.75) is 25.5 Å². The summed E-state index contributed by atoms with van der Waals surface area (Å²) in [5.74, 6) is 0.191. The molecule has 0 saturated carbocycles. The zero-order valence-corrected chi connectivity index (χ0v) is 17.3. The van der Waals surface area contributed by atoms with Crippen molar-refractivity contribution in [3.05, 3.63) is 64.4 Å². The molecule has 29 heavy (non-hydrogen) atoms. The summed E-state index contributed by atoms with van der Waals surface area (Å²) in [5.41, 5.74) is 1.47. The van der Waals surface area contributed by atoms with E-state index in [1.165, 1.54) is 6.07 Å². The standard InChI is InChI=1S/C22H26ClFN2O3/c1-28-12-9-25-22(27)17-5-6-21(20(23)14-17)29-19-7-10-26(11-8-19)15-16-3-2-4-18(24)13-16/h2-6,13-14,19H,7-12,15H2,1H3,(H,25,27). The van der Waals surface area contributed by atoms with Crippen LogP contribution in [0.3, 0.4) is 0 Å². The number of halogens is 2. The lowest BCUT2D eigenvalue weighted by atomic mass is 10.1. The van der Waals surface area contributed by atoms with E-state index in [2.05, 4.69) is 10.2 Å². The first-order valence-electron chi connectivity index (χ1n) is 9.75. The van der Waals surface area contributed by atoms with Gasteiger partial charge in [-0.15, -0.1) is 0 Å². The fourth-order valence-electron chi connectivity index (χ4n) is 3.36. The molecule has 2 aromatic rings. The molecule has 1 amide bonds. The van der Waals surface area contributed by atoms with E-state index >= 15 is 0 Å². The smallest absolute Gasteiger partial charge is 0.251 e. The molecule has 0 aromatic heterocycles. The van der Waals surface area contributed by atoms with Crippen LogP contribution in [0.2, 0.25) is 5.02 Å². The van der Waals surface area contributed by atoms with Crippen LogP contribution >= 0.6 is 11.6 Å². The second-order valence-electron chi connectivity index (χ2n) is 7.12. The average molecular weight is 421 g/mol. The van der Waals surface area contributed by atoms with E-state index in [0.29, 0.717) is 29.5 Å². The molecule has 3 rings (SSSR count). The molecular formula is C22H26ClFN2O3. The van der Waals surface area contributed by atoms with E-state index in [1.54, 1.807) is 37.4 Å². The number of methoxy groups -OCH3 is 1. The van der Waals surface area contributed by atoms with E-state index in [-0.39, 0.29) is 17.8 Å². The summed E-state index contributed by atoms with van der Waals surface area (Å²) in [4.78, 5) is 14.4. The molecule has 5 nitrogen and oxygen atoms in total. The lowest BCUT2D eigenvalue weighted by Gasteiger charge is -2.32. The maximum absolute atomic E-state index is 13.3. The maximum atomic E-state index is 13.3. The minimum absolute atomic E-state index is 0.0673. The SMILES string of the molecule is COCCNC(=O)c1ccc(OC2CCN(Cc3cccc(F)c3)CC2)c(Cl)c1. The first-order chi connectivity index (χ1) is 14.0. The Morgan fingerprint density at radius 1 is 1.24 bits per heavy atom. The minimum Gasteiger partial charge on any atom is -0.489 e. The summed E-state index contributed by atoms with van der Waals surface area (Å²) in [7, 11) is 1.58. The molecule has 0 radical (unpaired) electrons. The molecule has 1 aliphatic rings. The van der Waals surface area contributed by atoms with E-state index in [4.69, 9.17) is 21.1 Å². The summed E-state index contributed by atoms with van der Waals surface area (Å²) in [6, 6.07) is 11.8. The highest BCUT2D eigenvalue weighted by molar-refractivity contribution is 6.32. The van der Waals surface area contributed by atoms with Gasteiger partial charge in [0.15, 0.2) is 0 Å². The van der Waals surface area contributed by atoms with Gasteiger partial charge in [-0.25, -0.2) is 4.39 Å². The maximum Gasteiger partial charge on any atom is 0.251 e. The van der Waals surface area contributed by atoms with Crippen molar-refractivity contribution in [3.63, 3.8) is 0 Å². The molecule has 1 fully saturated rings. The van der Waals surface area contributed by atoms with Gasteiger partial charge in [0.05, 0.1) is 11.6 Å². The van der Waals surface area contributed by atoms with Crippen LogP contribution in [0.5, 0.6) is 5.75 Å². The van der Waals surface area contributed by atoms with Crippen molar-refractivity contribution in [2.24, 2.45) is 0 Å². The molecule has 0 unspecified atom stereocenters. The molecule has 156 valence electrons. The van der Waals surface area contributed by atoms with Crippen molar-refractivity contribution in [2.75, 3.05) is 33.4 Å². The van der Waals surface area contributed by atoms with Crippen LogP contribution in [0.15, 0.2) is 42.5 Å². The molecule has 1 N–H and O–H groups in total. The monoisotopic (exact) mass is 420 g/mol. The van der Waals surface area contributed by atoms with E-state index in [1.807, 2.05) is 6.07 Å². The van der Waals surface area contributed by atoms with Gasteiger partial charge in [0.25, 0.3) is 5.91 Å². The van der Waals surface area contributed by atoms with Crippen LogP contribution in [0.1, 0.15) is 28.8 Å². The quantitative estimate of drug-likeness (QED) is 0.658. The van der Waals surface area contributed by atoms with Crippen LogP contribution in [-0.2, 0) is 11.3 Å². The average Bonchev–Trinajstić information content (AvgIpc) is 2.71. The molecule has 1 saturated heterocycles. The molecule has 0 bridgehead atoms. The number of ether oxygens (including phenoxy) is 2. The van der Waals surface area contributed by atoms with Crippen LogP contribution in [0.25, 0.3) is 0 Å². The third-order valence-electron chi connectivity index (χ3n) is 4.91. The van der Waals surface area contributed by atoms with Gasteiger partial charge in [-0.05, 0) is 48.7 Å². The lowest BCUT2D eigenvalue weighted by molar-refractivity contribution is 0.0935. The van der Waals surface area contributed by atoms with Crippen LogP contribution in [0.4, 0.5) is 4.39 Å². The molecule has 0 spiro atoms. The number of rotatable bonds is 8. The summed E-state index contributed by atoms with van der Waals surface area (Å²) >= 11 is 6.33. The van der Waals surface area contributed by atoms with E-state index in [0.717, 1.165) is 38.0 Å². The summed E-state index contributed by atoms with van der Waals surface area (Å²) < 4.78 is 24.3. The van der Waals surface area contributed by atoms with Crippen molar-refractivity contribution in [3.8, 4) is 5.75 Å². The second-order valence-corrected chi connectivity index (χ2v) is 7.52. The highest BCUT2D eigenvalue weighted by atomic mass is 35.5. The number of benzene rings is 2. The third kappa shape index (κ3) is 6.42. The number of piperidine rings is 1. The Morgan fingerprint density at radius 2 is 2.03 bits per heavy atom. The van der Waals surface area contributed by atoms with Crippen molar-refractivity contribution >= 4 is 17.5 Å². The highest BCUT2D eigenvalue weighted by Gasteiger charge is 2.22. The van der Waals surface area contributed by atoms with Gasteiger partial charge in [0.2, 0.25) is 0 Å². The Kier molecular flexibility index (Phi) is 7.86. The molecule has 2 aromatic carbocycles. The minimum atomic E-state index is -0.203. The number of carbonyl (C=O) groups excluding carboxylic acids is 1. The number of nitrogens with one attached hydrogen (secondary N) is 1. The number of hydrogen-bond acceptors (Lipinski definition) is 4. The zero-order valence-electron chi connectivity index (χ0n) is 16.5. The normalized spacial score (nSPS) is 15.3. The van der Waals surface area contributed by atoms with Gasteiger partial charge in [0, 0.05) is 38.9 Å². The highest BCUT2D eigenvalue weighted by Crippen LogP contribution is 2.28. The molecule has 0 atom stereocenters. The van der Waals surface area contributed by atoms with Gasteiger partial charge in [-0.3, -0.25) is 9.69 Å². The Hall–Kier alpha value is -2.15. The topological polar surface area (TPSA) is 50.8 Å².